The van der Waals surface area contributed by atoms with E-state index in [-0.39, 0.29) is 48.5 Å². The molecule has 0 saturated heterocycles. The zero-order valence-corrected chi connectivity index (χ0v) is 36.7. The van der Waals surface area contributed by atoms with Gasteiger partial charge in [0.05, 0.1) is 0 Å². The van der Waals surface area contributed by atoms with Crippen molar-refractivity contribution >= 4 is 74.1 Å². The first-order valence-corrected chi connectivity index (χ1v) is 25.4. The van der Waals surface area contributed by atoms with Crippen molar-refractivity contribution in [3.8, 4) is 0 Å². The zero-order valence-electron chi connectivity index (χ0n) is 32.0. The van der Waals surface area contributed by atoms with Gasteiger partial charge in [-0.25, -0.2) is 0 Å². The molecule has 0 unspecified atom stereocenters. The van der Waals surface area contributed by atoms with Gasteiger partial charge in [0.25, 0.3) is 0 Å². The van der Waals surface area contributed by atoms with Gasteiger partial charge < -0.3 is 0 Å². The molecular formula is C52H48CoP4+2. The van der Waals surface area contributed by atoms with Crippen LogP contribution in [0.4, 0.5) is 0 Å². The molecule has 0 heterocycles. The Morgan fingerprint density at radius 2 is 0.281 bits per heavy atom. The molecule has 0 nitrogen and oxygen atoms in total. The molecule has 0 aromatic heterocycles. The third-order valence-electron chi connectivity index (χ3n) is 9.64. The molecule has 1 radical (unpaired) electrons. The number of benzene rings is 8. The molecule has 0 bridgehead atoms. The fraction of sp³-hybridized carbons (Fsp3) is 0.0769. The Hall–Kier alpha value is -4.01. The molecule has 0 N–H and O–H groups in total. The van der Waals surface area contributed by atoms with Gasteiger partial charge in [-0.15, -0.1) is 0 Å². The van der Waals surface area contributed by atoms with Gasteiger partial charge >= 0.3 is 16.8 Å². The molecule has 8 aromatic carbocycles. The standard InChI is InChI=1S/2C26H24P2.Co/c2*1-5-13-23(14-6-1)27(24-15-7-2-8-16-24)21-22-28(25-17-9-3-10-18-25)26-19-11-4-12-20-26;/h2*1-20H,21-22H2;/q;;+2. The van der Waals surface area contributed by atoms with Crippen LogP contribution in [0.15, 0.2) is 243 Å². The molecule has 283 valence electrons. The minimum Gasteiger partial charge on any atom is -0.0622 e. The molecule has 0 fully saturated rings. The average molecular weight is 856 g/mol. The van der Waals surface area contributed by atoms with E-state index >= 15 is 0 Å². The van der Waals surface area contributed by atoms with Crippen molar-refractivity contribution in [2.24, 2.45) is 0 Å². The average Bonchev–Trinajstić information content (AvgIpc) is 3.29. The Morgan fingerprint density at radius 1 is 0.175 bits per heavy atom. The van der Waals surface area contributed by atoms with Crippen LogP contribution in [0.3, 0.4) is 0 Å². The number of hydrogen-bond donors (Lipinski definition) is 0. The van der Waals surface area contributed by atoms with E-state index in [1.807, 2.05) is 0 Å². The van der Waals surface area contributed by atoms with Crippen molar-refractivity contribution in [2.45, 2.75) is 0 Å². The molecule has 0 aliphatic rings. The van der Waals surface area contributed by atoms with E-state index in [2.05, 4.69) is 243 Å². The molecule has 0 aliphatic heterocycles. The van der Waals surface area contributed by atoms with Gasteiger partial charge in [-0.1, -0.05) is 243 Å². The summed E-state index contributed by atoms with van der Waals surface area (Å²) in [6.45, 7) is 0. The number of hydrogen-bond acceptors (Lipinski definition) is 0. The summed E-state index contributed by atoms with van der Waals surface area (Å²) in [6, 6.07) is 88.4. The Kier molecular flexibility index (Phi) is 17.5. The van der Waals surface area contributed by atoms with Crippen LogP contribution in [-0.2, 0) is 16.8 Å². The van der Waals surface area contributed by atoms with Crippen molar-refractivity contribution in [3.05, 3.63) is 243 Å². The maximum Gasteiger partial charge on any atom is 2.00 e. The van der Waals surface area contributed by atoms with Crippen LogP contribution < -0.4 is 42.4 Å². The SMILES string of the molecule is [Co+2].c1ccc(P(CCP(c2ccccc2)c2ccccc2)c2ccccc2)cc1.c1ccc(P(CCP(c2ccccc2)c2ccccc2)c2ccccc2)cc1. The van der Waals surface area contributed by atoms with Crippen LogP contribution in [0.25, 0.3) is 0 Å². The van der Waals surface area contributed by atoms with E-state index in [1.54, 1.807) is 0 Å². The van der Waals surface area contributed by atoms with Crippen LogP contribution in [0.2, 0.25) is 0 Å². The first-order valence-electron chi connectivity index (χ1n) is 19.3. The predicted octanol–water partition coefficient (Wildman–Crippen LogP) is 10.5. The van der Waals surface area contributed by atoms with Crippen LogP contribution in [0.5, 0.6) is 0 Å². The first kappa shape index (κ1) is 42.6. The van der Waals surface area contributed by atoms with Gasteiger partial charge in [0, 0.05) is 0 Å². The van der Waals surface area contributed by atoms with Gasteiger partial charge in [-0.3, -0.25) is 0 Å². The topological polar surface area (TPSA) is 0 Å². The van der Waals surface area contributed by atoms with Crippen LogP contribution in [0, 0.1) is 0 Å². The molecule has 0 amide bonds. The van der Waals surface area contributed by atoms with Gasteiger partial charge in [-0.05, 0) is 98.8 Å². The van der Waals surface area contributed by atoms with E-state index in [9.17, 15) is 0 Å². The molecule has 0 atom stereocenters. The molecule has 8 aromatic rings. The van der Waals surface area contributed by atoms with Crippen molar-refractivity contribution < 1.29 is 16.8 Å². The van der Waals surface area contributed by atoms with Crippen molar-refractivity contribution in [1.82, 2.24) is 0 Å². The second kappa shape index (κ2) is 23.4. The molecule has 5 heteroatoms. The van der Waals surface area contributed by atoms with Gasteiger partial charge in [-0.2, -0.15) is 0 Å². The Bertz CT molecular complexity index is 1760. The monoisotopic (exact) mass is 855 g/mol. The van der Waals surface area contributed by atoms with E-state index < -0.39 is 0 Å². The summed E-state index contributed by atoms with van der Waals surface area (Å²) in [6.07, 6.45) is 4.83. The Morgan fingerprint density at radius 3 is 0.386 bits per heavy atom. The molecule has 0 spiro atoms. The summed E-state index contributed by atoms with van der Waals surface area (Å²) in [5.41, 5.74) is 0. The summed E-state index contributed by atoms with van der Waals surface area (Å²) in [5.74, 6) is 0. The third kappa shape index (κ3) is 12.5. The van der Waals surface area contributed by atoms with Crippen molar-refractivity contribution in [2.75, 3.05) is 24.6 Å². The van der Waals surface area contributed by atoms with E-state index in [1.165, 1.54) is 67.1 Å². The summed E-state index contributed by atoms with van der Waals surface area (Å²) in [5, 5.41) is 11.8. The first-order chi connectivity index (χ1) is 27.8. The Balaban J connectivity index is 0.000000189. The van der Waals surface area contributed by atoms with Crippen molar-refractivity contribution in [3.63, 3.8) is 0 Å². The van der Waals surface area contributed by atoms with Crippen LogP contribution in [0.1, 0.15) is 0 Å². The van der Waals surface area contributed by atoms with Gasteiger partial charge in [0.2, 0.25) is 0 Å². The minimum absolute atomic E-state index is 0. The summed E-state index contributed by atoms with van der Waals surface area (Å²) < 4.78 is 0. The van der Waals surface area contributed by atoms with Crippen LogP contribution in [-0.4, -0.2) is 24.6 Å². The molecule has 0 saturated carbocycles. The van der Waals surface area contributed by atoms with E-state index in [0.29, 0.717) is 0 Å². The van der Waals surface area contributed by atoms with Crippen molar-refractivity contribution in [1.29, 1.82) is 0 Å². The van der Waals surface area contributed by atoms with E-state index in [4.69, 9.17) is 0 Å². The quantitative estimate of drug-likeness (QED) is 0.0956. The number of rotatable bonds is 14. The largest absolute Gasteiger partial charge is 2.00 e. The maximum atomic E-state index is 2.30. The van der Waals surface area contributed by atoms with Gasteiger partial charge in [0.1, 0.15) is 0 Å². The van der Waals surface area contributed by atoms with Gasteiger partial charge in [0.15, 0.2) is 0 Å². The molecular weight excluding hydrogens is 807 g/mol. The van der Waals surface area contributed by atoms with E-state index in [0.717, 1.165) is 0 Å². The molecule has 8 rings (SSSR count). The minimum atomic E-state index is -0.348. The second-order valence-corrected chi connectivity index (χ2v) is 22.6. The zero-order chi connectivity index (χ0) is 38.0. The molecule has 57 heavy (non-hydrogen) atoms. The summed E-state index contributed by atoms with van der Waals surface area (Å²) >= 11 is 0. The smallest absolute Gasteiger partial charge is 0.0622 e. The molecule has 0 aliphatic carbocycles. The normalized spacial score (nSPS) is 10.9. The summed E-state index contributed by atoms with van der Waals surface area (Å²) in [4.78, 5) is 0. The second-order valence-electron chi connectivity index (χ2n) is 13.3. The summed E-state index contributed by atoms with van der Waals surface area (Å²) in [7, 11) is -1.39. The Labute approximate surface area is 356 Å². The third-order valence-corrected chi connectivity index (χ3v) is 20.4. The maximum absolute atomic E-state index is 2.30. The fourth-order valence-corrected chi connectivity index (χ4v) is 17.6. The predicted molar refractivity (Wildman–Crippen MR) is 256 cm³/mol. The van der Waals surface area contributed by atoms with Crippen LogP contribution >= 0.6 is 31.7 Å². The fourth-order valence-electron chi connectivity index (χ4n) is 6.89.